The minimum absolute atomic E-state index is 0.000239. The van der Waals surface area contributed by atoms with Crippen LogP contribution in [0.3, 0.4) is 0 Å². The van der Waals surface area contributed by atoms with E-state index in [0.717, 1.165) is 0 Å². The number of nitrogens with one attached hydrogen (secondary N) is 1. The highest BCUT2D eigenvalue weighted by atomic mass is 16.8. The second-order valence-electron chi connectivity index (χ2n) is 7.68. The molecule has 4 saturated heterocycles. The van der Waals surface area contributed by atoms with Gasteiger partial charge in [0.1, 0.15) is 24.4 Å². The molecule has 0 aromatic heterocycles. The first-order valence-electron chi connectivity index (χ1n) is 8.48. The van der Waals surface area contributed by atoms with Crippen molar-refractivity contribution in [3.63, 3.8) is 0 Å². The van der Waals surface area contributed by atoms with E-state index in [0.29, 0.717) is 26.3 Å². The molecular formula is C16H27NO6. The molecule has 0 bridgehead atoms. The van der Waals surface area contributed by atoms with E-state index in [1.807, 2.05) is 27.7 Å². The van der Waals surface area contributed by atoms with Crippen molar-refractivity contribution >= 4 is 0 Å². The largest absolute Gasteiger partial charge is 0.371 e. The summed E-state index contributed by atoms with van der Waals surface area (Å²) < 4.78 is 35.1. The van der Waals surface area contributed by atoms with Crippen LogP contribution in [0.15, 0.2) is 0 Å². The van der Waals surface area contributed by atoms with Gasteiger partial charge in [0.25, 0.3) is 0 Å². The minimum atomic E-state index is -0.514. The van der Waals surface area contributed by atoms with Crippen molar-refractivity contribution in [2.45, 2.75) is 75.9 Å². The standard InChI is InChI=1S/C16H27NO6/c1-15(2)20-11-7-18-9(13(11)22-15)5-17-6-10-14-12(8-19-10)21-16(3,4)23-14/h9-14,17H,5-8H2,1-4H3/t9-,10+,11-,12+,13-,14+. The van der Waals surface area contributed by atoms with E-state index in [-0.39, 0.29) is 36.6 Å². The highest BCUT2D eigenvalue weighted by Crippen LogP contribution is 2.36. The fourth-order valence-corrected chi connectivity index (χ4v) is 3.96. The lowest BCUT2D eigenvalue weighted by atomic mass is 10.1. The van der Waals surface area contributed by atoms with Crippen LogP contribution in [-0.2, 0) is 28.4 Å². The van der Waals surface area contributed by atoms with Crippen molar-refractivity contribution in [3.8, 4) is 0 Å². The Kier molecular flexibility index (Phi) is 3.96. The number of rotatable bonds is 4. The van der Waals surface area contributed by atoms with Gasteiger partial charge in [-0.1, -0.05) is 0 Å². The topological polar surface area (TPSA) is 67.4 Å². The molecule has 0 saturated carbocycles. The van der Waals surface area contributed by atoms with Crippen LogP contribution in [0.2, 0.25) is 0 Å². The zero-order valence-electron chi connectivity index (χ0n) is 14.2. The normalized spacial score (nSPS) is 47.0. The number of fused-ring (bicyclic) bond motifs is 2. The van der Waals surface area contributed by atoms with Gasteiger partial charge < -0.3 is 33.7 Å². The molecule has 0 spiro atoms. The number of hydrogen-bond acceptors (Lipinski definition) is 7. The fourth-order valence-electron chi connectivity index (χ4n) is 3.96. The fraction of sp³-hybridized carbons (Fsp3) is 1.00. The molecule has 7 nitrogen and oxygen atoms in total. The van der Waals surface area contributed by atoms with Crippen LogP contribution in [0.1, 0.15) is 27.7 Å². The highest BCUT2D eigenvalue weighted by molar-refractivity contribution is 4.95. The molecule has 6 atom stereocenters. The van der Waals surface area contributed by atoms with E-state index in [2.05, 4.69) is 5.32 Å². The van der Waals surface area contributed by atoms with Gasteiger partial charge in [0.15, 0.2) is 11.6 Å². The Bertz CT molecular complexity index is 416. The third-order valence-corrected chi connectivity index (χ3v) is 4.82. The molecule has 23 heavy (non-hydrogen) atoms. The third kappa shape index (κ3) is 3.16. The summed E-state index contributed by atoms with van der Waals surface area (Å²) in [5.41, 5.74) is 0. The van der Waals surface area contributed by atoms with E-state index in [1.165, 1.54) is 0 Å². The maximum absolute atomic E-state index is 5.94. The number of hydrogen-bond donors (Lipinski definition) is 1. The summed E-state index contributed by atoms with van der Waals surface area (Å²) in [4.78, 5) is 0. The zero-order valence-corrected chi connectivity index (χ0v) is 14.2. The average molecular weight is 329 g/mol. The second kappa shape index (κ2) is 5.62. The molecule has 0 aromatic carbocycles. The molecule has 7 heteroatoms. The van der Waals surface area contributed by atoms with E-state index in [9.17, 15) is 0 Å². The first kappa shape index (κ1) is 16.2. The van der Waals surface area contributed by atoms with E-state index in [4.69, 9.17) is 28.4 Å². The molecule has 4 fully saturated rings. The van der Waals surface area contributed by atoms with Crippen LogP contribution < -0.4 is 5.32 Å². The first-order chi connectivity index (χ1) is 10.8. The summed E-state index contributed by atoms with van der Waals surface area (Å²) in [6.45, 7) is 10.4. The van der Waals surface area contributed by atoms with Gasteiger partial charge in [-0.15, -0.1) is 0 Å². The SMILES string of the molecule is CC1(C)O[C@H]2[C@H](CNC[C@H]3OC[C@H]4OC(C)(C)O[C@H]34)OC[C@@H]2O1. The van der Waals surface area contributed by atoms with Crippen LogP contribution in [0.25, 0.3) is 0 Å². The van der Waals surface area contributed by atoms with Crippen LogP contribution in [-0.4, -0.2) is 74.5 Å². The highest BCUT2D eigenvalue weighted by Gasteiger charge is 2.51. The second-order valence-corrected chi connectivity index (χ2v) is 7.68. The Morgan fingerprint density at radius 2 is 1.17 bits per heavy atom. The van der Waals surface area contributed by atoms with Crippen molar-refractivity contribution in [2.24, 2.45) is 0 Å². The maximum atomic E-state index is 5.94. The van der Waals surface area contributed by atoms with E-state index in [1.54, 1.807) is 0 Å². The summed E-state index contributed by atoms with van der Waals surface area (Å²) in [5.74, 6) is -1.03. The Hall–Kier alpha value is -0.280. The van der Waals surface area contributed by atoms with Crippen molar-refractivity contribution in [3.05, 3.63) is 0 Å². The van der Waals surface area contributed by atoms with Crippen LogP contribution in [0.5, 0.6) is 0 Å². The molecule has 4 aliphatic rings. The Balaban J connectivity index is 1.25. The monoisotopic (exact) mass is 329 g/mol. The molecule has 4 aliphatic heterocycles. The summed E-state index contributed by atoms with van der Waals surface area (Å²) in [6, 6.07) is 0. The van der Waals surface area contributed by atoms with Crippen molar-refractivity contribution < 1.29 is 28.4 Å². The predicted octanol–water partition coefficient (Wildman–Crippen LogP) is 0.414. The Labute approximate surface area is 136 Å². The summed E-state index contributed by atoms with van der Waals surface area (Å²) in [5, 5.41) is 3.43. The molecule has 4 rings (SSSR count). The zero-order chi connectivity index (χ0) is 16.2. The van der Waals surface area contributed by atoms with Gasteiger partial charge in [0, 0.05) is 13.1 Å². The molecular weight excluding hydrogens is 302 g/mol. The number of ether oxygens (including phenoxy) is 6. The molecule has 132 valence electrons. The molecule has 0 aromatic rings. The lowest BCUT2D eigenvalue weighted by Gasteiger charge is -2.24. The average Bonchev–Trinajstić information content (AvgIpc) is 3.11. The van der Waals surface area contributed by atoms with Crippen LogP contribution >= 0.6 is 0 Å². The van der Waals surface area contributed by atoms with Crippen molar-refractivity contribution in [1.82, 2.24) is 5.32 Å². The first-order valence-corrected chi connectivity index (χ1v) is 8.48. The van der Waals surface area contributed by atoms with Gasteiger partial charge >= 0.3 is 0 Å². The summed E-state index contributed by atoms with van der Waals surface area (Å²) in [7, 11) is 0. The van der Waals surface area contributed by atoms with Crippen molar-refractivity contribution in [1.29, 1.82) is 0 Å². The Morgan fingerprint density at radius 1 is 0.739 bits per heavy atom. The molecule has 0 radical (unpaired) electrons. The molecule has 0 unspecified atom stereocenters. The van der Waals surface area contributed by atoms with E-state index < -0.39 is 11.6 Å². The third-order valence-electron chi connectivity index (χ3n) is 4.82. The van der Waals surface area contributed by atoms with Gasteiger partial charge in [-0.2, -0.15) is 0 Å². The molecule has 0 amide bonds. The van der Waals surface area contributed by atoms with Gasteiger partial charge in [-0.3, -0.25) is 0 Å². The lowest BCUT2D eigenvalue weighted by Crippen LogP contribution is -2.43. The van der Waals surface area contributed by atoms with Crippen LogP contribution in [0, 0.1) is 0 Å². The quantitative estimate of drug-likeness (QED) is 0.801. The van der Waals surface area contributed by atoms with Gasteiger partial charge in [-0.05, 0) is 27.7 Å². The van der Waals surface area contributed by atoms with Gasteiger partial charge in [0.05, 0.1) is 25.4 Å². The van der Waals surface area contributed by atoms with Crippen LogP contribution in [0.4, 0.5) is 0 Å². The molecule has 0 aliphatic carbocycles. The predicted molar refractivity (Wildman–Crippen MR) is 80.0 cm³/mol. The van der Waals surface area contributed by atoms with Gasteiger partial charge in [0.2, 0.25) is 0 Å². The molecule has 1 N–H and O–H groups in total. The lowest BCUT2D eigenvalue weighted by molar-refractivity contribution is -0.176. The van der Waals surface area contributed by atoms with E-state index >= 15 is 0 Å². The Morgan fingerprint density at radius 3 is 1.61 bits per heavy atom. The maximum Gasteiger partial charge on any atom is 0.164 e. The smallest absolute Gasteiger partial charge is 0.164 e. The molecule has 4 heterocycles. The minimum Gasteiger partial charge on any atom is -0.371 e. The summed E-state index contributed by atoms with van der Waals surface area (Å²) >= 11 is 0. The van der Waals surface area contributed by atoms with Crippen molar-refractivity contribution in [2.75, 3.05) is 26.3 Å². The van der Waals surface area contributed by atoms with Gasteiger partial charge in [-0.25, -0.2) is 0 Å². The summed E-state index contributed by atoms with van der Waals surface area (Å²) in [6.07, 6.45) is 0.0966.